The summed E-state index contributed by atoms with van der Waals surface area (Å²) in [5.41, 5.74) is 2.01. The SMILES string of the molecule is CC(C)c1ccc(NC(=O)OCCN(C)C)cc1.[HH]. The molecule has 18 heavy (non-hydrogen) atoms. The van der Waals surface area contributed by atoms with Crippen molar-refractivity contribution >= 4 is 11.8 Å². The number of carbonyl (C=O) groups excluding carboxylic acids is 1. The third-order valence-corrected chi connectivity index (χ3v) is 2.60. The lowest BCUT2D eigenvalue weighted by molar-refractivity contribution is 0.151. The molecule has 0 aliphatic rings. The van der Waals surface area contributed by atoms with E-state index in [-0.39, 0.29) is 1.43 Å². The fourth-order valence-corrected chi connectivity index (χ4v) is 1.43. The Balaban J connectivity index is 0.00000324. The molecule has 0 radical (unpaired) electrons. The molecule has 0 spiro atoms. The van der Waals surface area contributed by atoms with E-state index >= 15 is 0 Å². The molecule has 1 aromatic carbocycles. The van der Waals surface area contributed by atoms with Gasteiger partial charge in [-0.25, -0.2) is 4.79 Å². The maximum Gasteiger partial charge on any atom is 0.411 e. The van der Waals surface area contributed by atoms with E-state index in [1.807, 2.05) is 43.3 Å². The molecule has 4 nitrogen and oxygen atoms in total. The fourth-order valence-electron chi connectivity index (χ4n) is 1.43. The highest BCUT2D eigenvalue weighted by Crippen LogP contribution is 2.17. The van der Waals surface area contributed by atoms with E-state index in [4.69, 9.17) is 4.74 Å². The Morgan fingerprint density at radius 1 is 1.33 bits per heavy atom. The number of likely N-dealkylation sites (N-methyl/N-ethyl adjacent to an activating group) is 1. The van der Waals surface area contributed by atoms with Crippen molar-refractivity contribution in [2.24, 2.45) is 0 Å². The van der Waals surface area contributed by atoms with Crippen LogP contribution in [0.15, 0.2) is 24.3 Å². The first-order chi connectivity index (χ1) is 8.49. The highest BCUT2D eigenvalue weighted by atomic mass is 16.5. The summed E-state index contributed by atoms with van der Waals surface area (Å²) in [5, 5.41) is 2.70. The van der Waals surface area contributed by atoms with Gasteiger partial charge < -0.3 is 9.64 Å². The maximum atomic E-state index is 11.5. The van der Waals surface area contributed by atoms with Gasteiger partial charge in [0.05, 0.1) is 0 Å². The van der Waals surface area contributed by atoms with E-state index in [9.17, 15) is 4.79 Å². The van der Waals surface area contributed by atoms with E-state index in [1.54, 1.807) is 0 Å². The molecule has 0 heterocycles. The molecule has 1 amide bonds. The van der Waals surface area contributed by atoms with Gasteiger partial charge in [0.25, 0.3) is 0 Å². The van der Waals surface area contributed by atoms with Gasteiger partial charge in [0.1, 0.15) is 6.61 Å². The topological polar surface area (TPSA) is 41.6 Å². The van der Waals surface area contributed by atoms with Crippen molar-refractivity contribution < 1.29 is 11.0 Å². The van der Waals surface area contributed by atoms with Crippen LogP contribution in [0.4, 0.5) is 10.5 Å². The van der Waals surface area contributed by atoms with Gasteiger partial charge in [-0.1, -0.05) is 26.0 Å². The zero-order valence-corrected chi connectivity index (χ0v) is 11.6. The average Bonchev–Trinajstić information content (AvgIpc) is 2.29. The van der Waals surface area contributed by atoms with Crippen LogP contribution in [0.25, 0.3) is 0 Å². The number of rotatable bonds is 5. The number of hydrogen-bond acceptors (Lipinski definition) is 3. The molecule has 0 aliphatic carbocycles. The first-order valence-corrected chi connectivity index (χ1v) is 6.17. The van der Waals surface area contributed by atoms with Crippen LogP contribution < -0.4 is 5.32 Å². The molecular formula is C14H24N2O2. The van der Waals surface area contributed by atoms with Crippen LogP contribution in [-0.2, 0) is 4.74 Å². The van der Waals surface area contributed by atoms with Gasteiger partial charge in [-0.2, -0.15) is 0 Å². The van der Waals surface area contributed by atoms with Gasteiger partial charge in [-0.3, -0.25) is 5.32 Å². The van der Waals surface area contributed by atoms with Gasteiger partial charge in [0, 0.05) is 13.7 Å². The number of carbonyl (C=O) groups is 1. The second-order valence-electron chi connectivity index (χ2n) is 4.84. The third kappa shape index (κ3) is 5.19. The Bertz CT molecular complexity index is 378. The molecule has 0 unspecified atom stereocenters. The van der Waals surface area contributed by atoms with Crippen LogP contribution >= 0.6 is 0 Å². The van der Waals surface area contributed by atoms with Crippen LogP contribution in [0.2, 0.25) is 0 Å². The van der Waals surface area contributed by atoms with Crippen LogP contribution in [-0.4, -0.2) is 38.2 Å². The largest absolute Gasteiger partial charge is 0.448 e. The summed E-state index contributed by atoms with van der Waals surface area (Å²) in [6.07, 6.45) is -0.408. The molecule has 4 heteroatoms. The molecule has 0 saturated carbocycles. The smallest absolute Gasteiger partial charge is 0.411 e. The van der Waals surface area contributed by atoms with Crippen LogP contribution in [0.3, 0.4) is 0 Å². The van der Waals surface area contributed by atoms with E-state index in [0.29, 0.717) is 12.5 Å². The molecule has 0 saturated heterocycles. The van der Waals surface area contributed by atoms with Gasteiger partial charge in [-0.05, 0) is 37.7 Å². The predicted octanol–water partition coefficient (Wildman–Crippen LogP) is 3.17. The minimum absolute atomic E-state index is 0. The van der Waals surface area contributed by atoms with E-state index in [0.717, 1.165) is 12.2 Å². The van der Waals surface area contributed by atoms with Crippen LogP contribution in [0, 0.1) is 0 Å². The van der Waals surface area contributed by atoms with Gasteiger partial charge >= 0.3 is 6.09 Å². The first-order valence-electron chi connectivity index (χ1n) is 6.17. The Morgan fingerprint density at radius 3 is 2.44 bits per heavy atom. The lowest BCUT2D eigenvalue weighted by atomic mass is 10.0. The molecule has 0 bridgehead atoms. The fraction of sp³-hybridized carbons (Fsp3) is 0.500. The van der Waals surface area contributed by atoms with Gasteiger partial charge in [0.2, 0.25) is 0 Å². The normalized spacial score (nSPS) is 10.8. The number of ether oxygens (including phenoxy) is 1. The van der Waals surface area contributed by atoms with E-state index in [2.05, 4.69) is 19.2 Å². The Labute approximate surface area is 110 Å². The van der Waals surface area contributed by atoms with Crippen molar-refractivity contribution in [3.05, 3.63) is 29.8 Å². The summed E-state index contributed by atoms with van der Waals surface area (Å²) in [7, 11) is 3.87. The average molecular weight is 252 g/mol. The monoisotopic (exact) mass is 252 g/mol. The molecule has 1 aromatic rings. The summed E-state index contributed by atoms with van der Waals surface area (Å²) in [5.74, 6) is 0.492. The van der Waals surface area contributed by atoms with Crippen molar-refractivity contribution in [3.63, 3.8) is 0 Å². The quantitative estimate of drug-likeness (QED) is 0.875. The number of benzene rings is 1. The van der Waals surface area contributed by atoms with Crippen molar-refractivity contribution in [3.8, 4) is 0 Å². The highest BCUT2D eigenvalue weighted by molar-refractivity contribution is 5.84. The third-order valence-electron chi connectivity index (χ3n) is 2.60. The van der Waals surface area contributed by atoms with Crippen LogP contribution in [0.1, 0.15) is 26.8 Å². The molecule has 0 fully saturated rings. The summed E-state index contributed by atoms with van der Waals surface area (Å²) >= 11 is 0. The summed E-state index contributed by atoms with van der Waals surface area (Å²) in [6.45, 7) is 5.39. The molecule has 1 rings (SSSR count). The number of amides is 1. The number of nitrogens with one attached hydrogen (secondary N) is 1. The molecule has 102 valence electrons. The first kappa shape index (κ1) is 14.5. The minimum atomic E-state index is -0.408. The lowest BCUT2D eigenvalue weighted by Gasteiger charge is -2.11. The Kier molecular flexibility index (Phi) is 5.65. The summed E-state index contributed by atoms with van der Waals surface area (Å²) in [4.78, 5) is 13.4. The van der Waals surface area contributed by atoms with Crippen molar-refractivity contribution in [1.82, 2.24) is 4.90 Å². The molecule has 0 aromatic heterocycles. The highest BCUT2D eigenvalue weighted by Gasteiger charge is 2.04. The molecule has 0 aliphatic heterocycles. The predicted molar refractivity (Wildman–Crippen MR) is 76.2 cm³/mol. The Hall–Kier alpha value is -1.55. The maximum absolute atomic E-state index is 11.5. The van der Waals surface area contributed by atoms with E-state index < -0.39 is 6.09 Å². The van der Waals surface area contributed by atoms with Crippen molar-refractivity contribution in [2.45, 2.75) is 19.8 Å². The van der Waals surface area contributed by atoms with Gasteiger partial charge in [0.15, 0.2) is 0 Å². The van der Waals surface area contributed by atoms with Gasteiger partial charge in [-0.15, -0.1) is 0 Å². The molecule has 0 atom stereocenters. The zero-order valence-electron chi connectivity index (χ0n) is 11.6. The molecule has 1 N–H and O–H groups in total. The second-order valence-corrected chi connectivity index (χ2v) is 4.84. The number of nitrogens with zero attached hydrogens (tertiary/aromatic N) is 1. The standard InChI is InChI=1S/C14H22N2O2.H2/c1-11(2)12-5-7-13(8-6-12)15-14(17)18-10-9-16(3)4;/h5-8,11H,9-10H2,1-4H3,(H,15,17);1H. The minimum Gasteiger partial charge on any atom is -0.448 e. The lowest BCUT2D eigenvalue weighted by Crippen LogP contribution is -2.22. The Morgan fingerprint density at radius 2 is 1.94 bits per heavy atom. The summed E-state index contributed by atoms with van der Waals surface area (Å²) in [6, 6.07) is 7.81. The van der Waals surface area contributed by atoms with E-state index in [1.165, 1.54) is 5.56 Å². The zero-order chi connectivity index (χ0) is 13.5. The summed E-state index contributed by atoms with van der Waals surface area (Å²) < 4.78 is 5.04. The molecular weight excluding hydrogens is 228 g/mol. The second kappa shape index (κ2) is 7.01. The van der Waals surface area contributed by atoms with Crippen molar-refractivity contribution in [2.75, 3.05) is 32.6 Å². The number of hydrogen-bond donors (Lipinski definition) is 1. The number of anilines is 1. The van der Waals surface area contributed by atoms with Crippen molar-refractivity contribution in [1.29, 1.82) is 0 Å². The van der Waals surface area contributed by atoms with Crippen LogP contribution in [0.5, 0.6) is 0 Å².